The molecular formula is C26H17Cl2N3O3. The molecule has 0 saturated heterocycles. The predicted molar refractivity (Wildman–Crippen MR) is 133 cm³/mol. The van der Waals surface area contributed by atoms with Gasteiger partial charge in [-0.15, -0.1) is 0 Å². The first-order valence-corrected chi connectivity index (χ1v) is 11.5. The van der Waals surface area contributed by atoms with E-state index in [9.17, 15) is 10.1 Å². The molecule has 2 aliphatic heterocycles. The number of hydrogen-bond donors (Lipinski definition) is 0. The molecule has 4 aromatic rings. The van der Waals surface area contributed by atoms with E-state index in [1.807, 2.05) is 23.2 Å². The first-order valence-electron chi connectivity index (χ1n) is 10.7. The summed E-state index contributed by atoms with van der Waals surface area (Å²) in [6.45, 7) is 0. The summed E-state index contributed by atoms with van der Waals surface area (Å²) in [5, 5.41) is 21.2. The van der Waals surface area contributed by atoms with Crippen molar-refractivity contribution in [2.24, 2.45) is 5.10 Å². The Labute approximate surface area is 205 Å². The van der Waals surface area contributed by atoms with E-state index < -0.39 is 11.2 Å². The molecule has 8 heteroatoms. The maximum absolute atomic E-state index is 11.1. The molecule has 2 unspecified atom stereocenters. The third-order valence-electron chi connectivity index (χ3n) is 6.28. The summed E-state index contributed by atoms with van der Waals surface area (Å²) < 4.78 is 6.33. The number of nitro benzene ring substituents is 1. The molecule has 0 radical (unpaired) electrons. The smallest absolute Gasteiger partial charge is 0.269 e. The lowest BCUT2D eigenvalue weighted by molar-refractivity contribution is -0.384. The Hall–Kier alpha value is -3.61. The minimum Gasteiger partial charge on any atom is -0.463 e. The summed E-state index contributed by atoms with van der Waals surface area (Å²) in [4.78, 5) is 10.7. The Bertz CT molecular complexity index is 1490. The molecule has 2 atom stereocenters. The fourth-order valence-electron chi connectivity index (χ4n) is 4.64. The van der Waals surface area contributed by atoms with Crippen LogP contribution in [-0.4, -0.2) is 15.6 Å². The second-order valence-electron chi connectivity index (χ2n) is 8.33. The van der Waals surface area contributed by atoms with Gasteiger partial charge in [0.25, 0.3) is 5.69 Å². The van der Waals surface area contributed by atoms with Crippen molar-refractivity contribution in [3.63, 3.8) is 0 Å². The first kappa shape index (κ1) is 21.0. The Kier molecular flexibility index (Phi) is 4.94. The van der Waals surface area contributed by atoms with Crippen LogP contribution >= 0.6 is 23.2 Å². The van der Waals surface area contributed by atoms with Crippen molar-refractivity contribution in [2.75, 3.05) is 0 Å². The van der Waals surface area contributed by atoms with Crippen molar-refractivity contribution in [1.82, 2.24) is 5.01 Å². The summed E-state index contributed by atoms with van der Waals surface area (Å²) in [7, 11) is 0. The van der Waals surface area contributed by atoms with Crippen molar-refractivity contribution in [2.45, 2.75) is 18.7 Å². The van der Waals surface area contributed by atoms with E-state index in [0.717, 1.165) is 27.8 Å². The molecular weight excluding hydrogens is 473 g/mol. The molecule has 6 rings (SSSR count). The number of benzene rings is 4. The van der Waals surface area contributed by atoms with E-state index in [1.54, 1.807) is 18.2 Å². The van der Waals surface area contributed by atoms with Gasteiger partial charge in [-0.25, -0.2) is 5.01 Å². The predicted octanol–water partition coefficient (Wildman–Crippen LogP) is 7.30. The van der Waals surface area contributed by atoms with Crippen LogP contribution in [0.4, 0.5) is 5.69 Å². The number of rotatable bonds is 3. The van der Waals surface area contributed by atoms with E-state index in [2.05, 4.69) is 30.3 Å². The highest BCUT2D eigenvalue weighted by Crippen LogP contribution is 2.51. The molecule has 0 bridgehead atoms. The fourth-order valence-corrected chi connectivity index (χ4v) is 5.19. The van der Waals surface area contributed by atoms with E-state index in [1.165, 1.54) is 17.5 Å². The van der Waals surface area contributed by atoms with Gasteiger partial charge in [0, 0.05) is 34.7 Å². The van der Waals surface area contributed by atoms with E-state index in [0.29, 0.717) is 22.2 Å². The van der Waals surface area contributed by atoms with E-state index in [4.69, 9.17) is 33.0 Å². The Morgan fingerprint density at radius 1 is 0.971 bits per heavy atom. The minimum atomic E-state index is -0.588. The number of ether oxygens (including phenoxy) is 1. The second kappa shape index (κ2) is 8.01. The summed E-state index contributed by atoms with van der Waals surface area (Å²) >= 11 is 12.9. The van der Waals surface area contributed by atoms with Gasteiger partial charge < -0.3 is 4.74 Å². The van der Waals surface area contributed by atoms with Crippen LogP contribution in [0.25, 0.3) is 10.8 Å². The van der Waals surface area contributed by atoms with Crippen molar-refractivity contribution in [3.05, 3.63) is 116 Å². The third-order valence-corrected chi connectivity index (χ3v) is 6.78. The Balaban J connectivity index is 1.45. The van der Waals surface area contributed by atoms with Gasteiger partial charge in [-0.05, 0) is 46.7 Å². The van der Waals surface area contributed by atoms with Gasteiger partial charge in [0.2, 0.25) is 6.23 Å². The SMILES string of the molecule is O=[N+]([O-])c1ccc(C2Oc3c(Cl)cc(Cl)cc3C3CC(c4ccc5ccccc5c4)=NN32)cc1. The molecule has 0 amide bonds. The van der Waals surface area contributed by atoms with Gasteiger partial charge in [-0.1, -0.05) is 59.6 Å². The highest BCUT2D eigenvalue weighted by molar-refractivity contribution is 6.35. The number of halogens is 2. The topological polar surface area (TPSA) is 68.0 Å². The summed E-state index contributed by atoms with van der Waals surface area (Å²) in [6, 6.07) is 24.2. The van der Waals surface area contributed by atoms with Crippen LogP contribution in [0.15, 0.2) is 84.0 Å². The highest BCUT2D eigenvalue weighted by Gasteiger charge is 2.42. The van der Waals surface area contributed by atoms with Crippen molar-refractivity contribution >= 4 is 45.4 Å². The Morgan fingerprint density at radius 3 is 2.50 bits per heavy atom. The lowest BCUT2D eigenvalue weighted by atomic mass is 9.95. The molecule has 2 aliphatic rings. The quantitative estimate of drug-likeness (QED) is 0.223. The van der Waals surface area contributed by atoms with Crippen LogP contribution in [0.5, 0.6) is 5.75 Å². The lowest BCUT2D eigenvalue weighted by Crippen LogP contribution is -2.33. The van der Waals surface area contributed by atoms with Gasteiger partial charge in [0.1, 0.15) is 5.75 Å². The fraction of sp³-hybridized carbons (Fsp3) is 0.115. The zero-order valence-corrected chi connectivity index (χ0v) is 19.2. The summed E-state index contributed by atoms with van der Waals surface area (Å²) in [5.41, 5.74) is 3.59. The van der Waals surface area contributed by atoms with Crippen LogP contribution < -0.4 is 4.74 Å². The summed E-state index contributed by atoms with van der Waals surface area (Å²) in [6.07, 6.45) is 0.0596. The van der Waals surface area contributed by atoms with Gasteiger partial charge in [0.15, 0.2) is 0 Å². The normalized spacial score (nSPS) is 18.8. The summed E-state index contributed by atoms with van der Waals surface area (Å²) in [5.74, 6) is 0.561. The molecule has 0 aliphatic carbocycles. The average molecular weight is 490 g/mol. The lowest BCUT2D eigenvalue weighted by Gasteiger charge is -2.38. The highest BCUT2D eigenvalue weighted by atomic mass is 35.5. The molecule has 168 valence electrons. The molecule has 0 aromatic heterocycles. The zero-order valence-electron chi connectivity index (χ0n) is 17.7. The second-order valence-corrected chi connectivity index (χ2v) is 9.18. The largest absolute Gasteiger partial charge is 0.463 e. The van der Waals surface area contributed by atoms with Gasteiger partial charge in [0.05, 0.1) is 21.7 Å². The van der Waals surface area contributed by atoms with Crippen LogP contribution in [0, 0.1) is 10.1 Å². The van der Waals surface area contributed by atoms with Gasteiger partial charge in [-0.2, -0.15) is 5.10 Å². The zero-order chi connectivity index (χ0) is 23.4. The molecule has 0 fully saturated rings. The van der Waals surface area contributed by atoms with Crippen LogP contribution in [0.3, 0.4) is 0 Å². The van der Waals surface area contributed by atoms with Gasteiger partial charge in [-0.3, -0.25) is 10.1 Å². The number of nitrogens with zero attached hydrogens (tertiary/aromatic N) is 3. The number of hydrogen-bond acceptors (Lipinski definition) is 5. The van der Waals surface area contributed by atoms with Crippen molar-refractivity contribution in [3.8, 4) is 5.75 Å². The molecule has 0 N–H and O–H groups in total. The molecule has 34 heavy (non-hydrogen) atoms. The van der Waals surface area contributed by atoms with Gasteiger partial charge >= 0.3 is 0 Å². The Morgan fingerprint density at radius 2 is 1.74 bits per heavy atom. The molecule has 0 spiro atoms. The molecule has 2 heterocycles. The number of nitro groups is 1. The van der Waals surface area contributed by atoms with E-state index >= 15 is 0 Å². The number of fused-ring (bicyclic) bond motifs is 4. The van der Waals surface area contributed by atoms with Crippen molar-refractivity contribution < 1.29 is 9.66 Å². The number of non-ortho nitro benzene ring substituents is 1. The van der Waals surface area contributed by atoms with Crippen molar-refractivity contribution in [1.29, 1.82) is 0 Å². The average Bonchev–Trinajstić information content (AvgIpc) is 3.29. The molecule has 4 aromatic carbocycles. The van der Waals surface area contributed by atoms with E-state index in [-0.39, 0.29) is 11.7 Å². The van der Waals surface area contributed by atoms with Crippen LogP contribution in [0.1, 0.15) is 35.4 Å². The van der Waals surface area contributed by atoms with Crippen LogP contribution in [0.2, 0.25) is 10.0 Å². The molecule has 0 saturated carbocycles. The monoisotopic (exact) mass is 489 g/mol. The third kappa shape index (κ3) is 3.47. The minimum absolute atomic E-state index is 0.0168. The standard InChI is InChI=1S/C26H17Cl2N3O3/c27-19-12-21-24-14-23(18-6-5-15-3-1-2-4-17(15)11-18)29-30(24)26(34-25(21)22(28)13-19)16-7-9-20(10-8-16)31(32)33/h1-13,24,26H,14H2. The maximum atomic E-state index is 11.1. The number of hydrazone groups is 1. The molecule has 6 nitrogen and oxygen atoms in total. The first-order chi connectivity index (χ1) is 16.5. The maximum Gasteiger partial charge on any atom is 0.269 e. The van der Waals surface area contributed by atoms with Crippen LogP contribution in [-0.2, 0) is 0 Å².